The Bertz CT molecular complexity index is 720. The van der Waals surface area contributed by atoms with Gasteiger partial charge in [-0.15, -0.1) is 0 Å². The molecule has 1 aromatic rings. The Morgan fingerprint density at radius 1 is 1.32 bits per heavy atom. The molecular weight excluding hydrogens is 344 g/mol. The van der Waals surface area contributed by atoms with E-state index < -0.39 is 34.0 Å². The van der Waals surface area contributed by atoms with E-state index in [1.165, 1.54) is 17.0 Å². The van der Waals surface area contributed by atoms with Gasteiger partial charge in [0, 0.05) is 6.54 Å². The van der Waals surface area contributed by atoms with E-state index in [2.05, 4.69) is 4.72 Å². The second kappa shape index (κ2) is 7.97. The van der Waals surface area contributed by atoms with Crippen LogP contribution in [0.4, 0.5) is 0 Å². The minimum atomic E-state index is -3.87. The molecule has 1 aliphatic heterocycles. The Hall–Kier alpha value is -1.93. The van der Waals surface area contributed by atoms with Crippen molar-refractivity contribution in [2.24, 2.45) is 5.92 Å². The molecule has 1 saturated heterocycles. The first kappa shape index (κ1) is 19.4. The van der Waals surface area contributed by atoms with Crippen LogP contribution < -0.4 is 4.72 Å². The number of amides is 1. The number of hydrogen-bond donors (Lipinski definition) is 2. The summed E-state index contributed by atoms with van der Waals surface area (Å²) in [6.45, 7) is 3.97. The highest BCUT2D eigenvalue weighted by atomic mass is 32.2. The number of carbonyl (C=O) groups is 2. The zero-order valence-electron chi connectivity index (χ0n) is 14.4. The number of nitrogens with zero attached hydrogens (tertiary/aromatic N) is 1. The van der Waals surface area contributed by atoms with Gasteiger partial charge in [-0.2, -0.15) is 4.72 Å². The second-order valence-electron chi connectivity index (χ2n) is 6.33. The quantitative estimate of drug-likeness (QED) is 0.758. The minimum Gasteiger partial charge on any atom is -0.480 e. The summed E-state index contributed by atoms with van der Waals surface area (Å²) in [5.41, 5.74) is 0. The standard InChI is InChI=1S/C17H24N2O5S/c1-3-12(2)15(16(20)19-11-7-10-14(19)17(21)22)18-25(23,24)13-8-5-4-6-9-13/h4-6,8-9,12,14-15,18H,3,7,10-11H2,1-2H3,(H,21,22)/t12-,14-,15-/m0/s1. The van der Waals surface area contributed by atoms with Gasteiger partial charge in [0.2, 0.25) is 15.9 Å². The van der Waals surface area contributed by atoms with Crippen molar-refractivity contribution in [3.8, 4) is 0 Å². The fourth-order valence-electron chi connectivity index (χ4n) is 2.95. The largest absolute Gasteiger partial charge is 0.480 e. The van der Waals surface area contributed by atoms with Crippen LogP contribution in [0.1, 0.15) is 33.1 Å². The summed E-state index contributed by atoms with van der Waals surface area (Å²) < 4.78 is 27.7. The average molecular weight is 368 g/mol. The van der Waals surface area contributed by atoms with Crippen molar-refractivity contribution in [3.05, 3.63) is 30.3 Å². The van der Waals surface area contributed by atoms with Crippen LogP contribution in [-0.4, -0.2) is 48.9 Å². The molecule has 8 heteroatoms. The molecule has 25 heavy (non-hydrogen) atoms. The molecule has 1 aromatic carbocycles. The summed E-state index contributed by atoms with van der Waals surface area (Å²) in [7, 11) is -3.87. The van der Waals surface area contributed by atoms with Gasteiger partial charge in [0.1, 0.15) is 12.1 Å². The molecular formula is C17H24N2O5S. The minimum absolute atomic E-state index is 0.0762. The van der Waals surface area contributed by atoms with Gasteiger partial charge in [0.25, 0.3) is 0 Å². The highest BCUT2D eigenvalue weighted by Gasteiger charge is 2.40. The number of likely N-dealkylation sites (tertiary alicyclic amines) is 1. The van der Waals surface area contributed by atoms with E-state index in [1.807, 2.05) is 6.92 Å². The number of nitrogens with one attached hydrogen (secondary N) is 1. The molecule has 138 valence electrons. The maximum absolute atomic E-state index is 12.9. The number of rotatable bonds is 7. The van der Waals surface area contributed by atoms with Gasteiger partial charge in [-0.3, -0.25) is 4.79 Å². The van der Waals surface area contributed by atoms with Crippen LogP contribution in [0, 0.1) is 5.92 Å². The highest BCUT2D eigenvalue weighted by molar-refractivity contribution is 7.89. The van der Waals surface area contributed by atoms with Gasteiger partial charge in [-0.05, 0) is 30.9 Å². The molecule has 0 radical (unpaired) electrons. The molecule has 1 amide bonds. The van der Waals surface area contributed by atoms with E-state index in [0.29, 0.717) is 25.8 Å². The SMILES string of the molecule is CC[C@H](C)[C@H](NS(=O)(=O)c1ccccc1)C(=O)N1CCC[C@H]1C(=O)O. The molecule has 0 saturated carbocycles. The zero-order chi connectivity index (χ0) is 18.6. The fourth-order valence-corrected chi connectivity index (χ4v) is 4.27. The Labute approximate surface area is 148 Å². The summed E-state index contributed by atoms with van der Waals surface area (Å²) in [5.74, 6) is -1.79. The second-order valence-corrected chi connectivity index (χ2v) is 8.04. The lowest BCUT2D eigenvalue weighted by Crippen LogP contribution is -2.54. The van der Waals surface area contributed by atoms with Gasteiger partial charge >= 0.3 is 5.97 Å². The number of sulfonamides is 1. The first-order chi connectivity index (χ1) is 11.8. The predicted octanol–water partition coefficient (Wildman–Crippen LogP) is 1.46. The summed E-state index contributed by atoms with van der Waals surface area (Å²) >= 11 is 0. The third-order valence-corrected chi connectivity index (χ3v) is 6.09. The van der Waals surface area contributed by atoms with Crippen LogP contribution in [0.15, 0.2) is 35.2 Å². The molecule has 1 heterocycles. The zero-order valence-corrected chi connectivity index (χ0v) is 15.2. The normalized spacial score (nSPS) is 20.2. The van der Waals surface area contributed by atoms with E-state index in [9.17, 15) is 23.1 Å². The third kappa shape index (κ3) is 4.38. The maximum atomic E-state index is 12.9. The third-order valence-electron chi connectivity index (χ3n) is 4.64. The van der Waals surface area contributed by atoms with Crippen LogP contribution in [0.25, 0.3) is 0 Å². The van der Waals surface area contributed by atoms with E-state index in [1.54, 1.807) is 25.1 Å². The molecule has 7 nitrogen and oxygen atoms in total. The molecule has 0 bridgehead atoms. The first-order valence-electron chi connectivity index (χ1n) is 8.38. The van der Waals surface area contributed by atoms with Crippen LogP contribution >= 0.6 is 0 Å². The molecule has 0 aromatic heterocycles. The molecule has 2 N–H and O–H groups in total. The van der Waals surface area contributed by atoms with Crippen molar-refractivity contribution in [2.75, 3.05) is 6.54 Å². The van der Waals surface area contributed by atoms with Crippen molar-refractivity contribution in [3.63, 3.8) is 0 Å². The summed E-state index contributed by atoms with van der Waals surface area (Å²) in [6.07, 6.45) is 1.57. The lowest BCUT2D eigenvalue weighted by atomic mass is 9.98. The number of carboxylic acid groups (broad SMARTS) is 1. The monoisotopic (exact) mass is 368 g/mol. The number of carbonyl (C=O) groups excluding carboxylic acids is 1. The Balaban J connectivity index is 2.27. The smallest absolute Gasteiger partial charge is 0.326 e. The molecule has 1 fully saturated rings. The van der Waals surface area contributed by atoms with E-state index in [-0.39, 0.29) is 10.8 Å². The van der Waals surface area contributed by atoms with Crippen molar-refractivity contribution in [1.82, 2.24) is 9.62 Å². The maximum Gasteiger partial charge on any atom is 0.326 e. The summed E-state index contributed by atoms with van der Waals surface area (Å²) in [5, 5.41) is 9.29. The molecule has 3 atom stereocenters. The van der Waals surface area contributed by atoms with Gasteiger partial charge in [-0.25, -0.2) is 13.2 Å². The molecule has 0 spiro atoms. The van der Waals surface area contributed by atoms with E-state index in [4.69, 9.17) is 0 Å². The molecule has 2 rings (SSSR count). The molecule has 0 aliphatic carbocycles. The number of hydrogen-bond acceptors (Lipinski definition) is 4. The summed E-state index contributed by atoms with van der Waals surface area (Å²) in [6, 6.07) is 5.95. The van der Waals surface area contributed by atoms with E-state index >= 15 is 0 Å². The number of carboxylic acids is 1. The lowest BCUT2D eigenvalue weighted by Gasteiger charge is -2.30. The van der Waals surface area contributed by atoms with Crippen LogP contribution in [-0.2, 0) is 19.6 Å². The lowest BCUT2D eigenvalue weighted by molar-refractivity contribution is -0.149. The van der Waals surface area contributed by atoms with Crippen molar-refractivity contribution in [2.45, 2.75) is 50.1 Å². The van der Waals surface area contributed by atoms with Crippen molar-refractivity contribution in [1.29, 1.82) is 0 Å². The van der Waals surface area contributed by atoms with Crippen molar-refractivity contribution < 1.29 is 23.1 Å². The van der Waals surface area contributed by atoms with Crippen LogP contribution in [0.5, 0.6) is 0 Å². The molecule has 1 aliphatic rings. The molecule has 0 unspecified atom stereocenters. The topological polar surface area (TPSA) is 104 Å². The Kier molecular flexibility index (Phi) is 6.18. The van der Waals surface area contributed by atoms with Gasteiger partial charge in [0.05, 0.1) is 4.90 Å². The highest BCUT2D eigenvalue weighted by Crippen LogP contribution is 2.22. The first-order valence-corrected chi connectivity index (χ1v) is 9.87. The van der Waals surface area contributed by atoms with Crippen molar-refractivity contribution >= 4 is 21.9 Å². The van der Waals surface area contributed by atoms with Gasteiger partial charge < -0.3 is 10.0 Å². The number of benzene rings is 1. The van der Waals surface area contributed by atoms with Crippen LogP contribution in [0.2, 0.25) is 0 Å². The van der Waals surface area contributed by atoms with E-state index in [0.717, 1.165) is 0 Å². The van der Waals surface area contributed by atoms with Gasteiger partial charge in [0.15, 0.2) is 0 Å². The summed E-state index contributed by atoms with van der Waals surface area (Å²) in [4.78, 5) is 25.6. The Morgan fingerprint density at radius 2 is 1.96 bits per heavy atom. The average Bonchev–Trinajstić information content (AvgIpc) is 3.09. The fraction of sp³-hybridized carbons (Fsp3) is 0.529. The Morgan fingerprint density at radius 3 is 2.52 bits per heavy atom. The number of aliphatic carboxylic acids is 1. The predicted molar refractivity (Wildman–Crippen MR) is 92.4 cm³/mol. The van der Waals surface area contributed by atoms with Gasteiger partial charge in [-0.1, -0.05) is 38.5 Å². The van der Waals surface area contributed by atoms with Crippen LogP contribution in [0.3, 0.4) is 0 Å².